The monoisotopic (exact) mass is 282 g/mol. The molecule has 1 heterocycles. The average molecular weight is 282 g/mol. The van der Waals surface area contributed by atoms with Crippen LogP contribution in [-0.2, 0) is 4.74 Å². The first-order valence-electron chi connectivity index (χ1n) is 6.59. The number of benzene rings is 1. The summed E-state index contributed by atoms with van der Waals surface area (Å²) >= 11 is 0. The number of anilines is 1. The number of urea groups is 1. The highest BCUT2D eigenvalue weighted by Crippen LogP contribution is 2.19. The van der Waals surface area contributed by atoms with Crippen LogP contribution in [0, 0.1) is 12.7 Å². The summed E-state index contributed by atoms with van der Waals surface area (Å²) in [5.74, 6) is -0.400. The van der Waals surface area contributed by atoms with Crippen LogP contribution in [0.15, 0.2) is 18.2 Å². The first-order valence-corrected chi connectivity index (χ1v) is 6.59. The molecule has 20 heavy (non-hydrogen) atoms. The van der Waals surface area contributed by atoms with Gasteiger partial charge in [0.2, 0.25) is 0 Å². The highest BCUT2D eigenvalue weighted by molar-refractivity contribution is 5.89. The lowest BCUT2D eigenvalue weighted by molar-refractivity contribution is -0.0598. The first-order chi connectivity index (χ1) is 9.47. The highest BCUT2D eigenvalue weighted by Gasteiger charge is 2.30. The van der Waals surface area contributed by atoms with Gasteiger partial charge in [0.15, 0.2) is 0 Å². The predicted octanol–water partition coefficient (Wildman–Crippen LogP) is 1.80. The zero-order valence-corrected chi connectivity index (χ0v) is 11.4. The number of rotatable bonds is 3. The molecule has 0 bridgehead atoms. The molecule has 0 aliphatic carbocycles. The van der Waals surface area contributed by atoms with Crippen LogP contribution in [0.1, 0.15) is 18.4 Å². The minimum atomic E-state index is -0.923. The molecule has 0 unspecified atom stereocenters. The van der Waals surface area contributed by atoms with Crippen molar-refractivity contribution >= 4 is 11.7 Å². The van der Waals surface area contributed by atoms with Gasteiger partial charge in [0.25, 0.3) is 0 Å². The second-order valence-electron chi connectivity index (χ2n) is 5.16. The van der Waals surface area contributed by atoms with Crippen molar-refractivity contribution < 1.29 is 19.0 Å². The van der Waals surface area contributed by atoms with E-state index in [4.69, 9.17) is 4.74 Å². The Labute approximate surface area is 117 Å². The second-order valence-corrected chi connectivity index (χ2v) is 5.16. The van der Waals surface area contributed by atoms with Crippen LogP contribution in [0.3, 0.4) is 0 Å². The quantitative estimate of drug-likeness (QED) is 0.791. The lowest BCUT2D eigenvalue weighted by Gasteiger charge is -2.32. The van der Waals surface area contributed by atoms with Gasteiger partial charge in [-0.3, -0.25) is 0 Å². The summed E-state index contributed by atoms with van der Waals surface area (Å²) in [5, 5.41) is 15.3. The van der Waals surface area contributed by atoms with E-state index in [1.54, 1.807) is 13.0 Å². The summed E-state index contributed by atoms with van der Waals surface area (Å²) in [6, 6.07) is 3.84. The van der Waals surface area contributed by atoms with E-state index in [1.807, 2.05) is 0 Å². The van der Waals surface area contributed by atoms with Gasteiger partial charge in [0, 0.05) is 38.3 Å². The maximum Gasteiger partial charge on any atom is 0.319 e. The largest absolute Gasteiger partial charge is 0.388 e. The summed E-state index contributed by atoms with van der Waals surface area (Å²) < 4.78 is 18.4. The van der Waals surface area contributed by atoms with E-state index in [9.17, 15) is 14.3 Å². The van der Waals surface area contributed by atoms with Crippen molar-refractivity contribution in [3.8, 4) is 0 Å². The number of amides is 2. The third-order valence-electron chi connectivity index (χ3n) is 3.30. The Kier molecular flexibility index (Phi) is 4.57. The molecule has 1 aliphatic rings. The Morgan fingerprint density at radius 2 is 2.10 bits per heavy atom. The molecule has 1 fully saturated rings. The zero-order chi connectivity index (χ0) is 14.6. The van der Waals surface area contributed by atoms with Crippen molar-refractivity contribution in [2.24, 2.45) is 0 Å². The molecule has 1 aromatic rings. The fraction of sp³-hybridized carbons (Fsp3) is 0.500. The molecule has 2 amide bonds. The topological polar surface area (TPSA) is 70.6 Å². The number of carbonyl (C=O) groups excluding carboxylic acids is 1. The van der Waals surface area contributed by atoms with Crippen LogP contribution in [0.5, 0.6) is 0 Å². The summed E-state index contributed by atoms with van der Waals surface area (Å²) in [7, 11) is 0. The summed E-state index contributed by atoms with van der Waals surface area (Å²) in [6.07, 6.45) is 0.985. The van der Waals surface area contributed by atoms with Gasteiger partial charge in [0.1, 0.15) is 5.82 Å². The molecule has 0 radical (unpaired) electrons. The van der Waals surface area contributed by atoms with E-state index < -0.39 is 17.4 Å². The summed E-state index contributed by atoms with van der Waals surface area (Å²) in [6.45, 7) is 2.87. The molecule has 1 saturated heterocycles. The van der Waals surface area contributed by atoms with Crippen molar-refractivity contribution in [3.63, 3.8) is 0 Å². The molecule has 0 spiro atoms. The standard InChI is InChI=1S/C14H19FN2O3/c1-10-6-11(15)8-12(7-10)17-13(18)16-9-14(19)2-4-20-5-3-14/h6-8,19H,2-5,9H2,1H3,(H2,16,17,18). The van der Waals surface area contributed by atoms with E-state index in [-0.39, 0.29) is 6.54 Å². The van der Waals surface area contributed by atoms with Crippen molar-refractivity contribution in [1.29, 1.82) is 0 Å². The van der Waals surface area contributed by atoms with Crippen LogP contribution in [0.4, 0.5) is 14.9 Å². The maximum atomic E-state index is 13.2. The van der Waals surface area contributed by atoms with Gasteiger partial charge in [-0.1, -0.05) is 0 Å². The molecule has 2 rings (SSSR count). The molecule has 0 aromatic heterocycles. The Hall–Kier alpha value is -1.66. The van der Waals surface area contributed by atoms with Gasteiger partial charge < -0.3 is 20.5 Å². The molecule has 5 nitrogen and oxygen atoms in total. The number of aryl methyl sites for hydroxylation is 1. The van der Waals surface area contributed by atoms with E-state index >= 15 is 0 Å². The normalized spacial score (nSPS) is 17.6. The van der Waals surface area contributed by atoms with Crippen LogP contribution in [0.2, 0.25) is 0 Å². The number of hydrogen-bond donors (Lipinski definition) is 3. The molecule has 0 saturated carbocycles. The number of halogens is 1. The predicted molar refractivity (Wildman–Crippen MR) is 73.2 cm³/mol. The van der Waals surface area contributed by atoms with Crippen molar-refractivity contribution in [2.75, 3.05) is 25.1 Å². The highest BCUT2D eigenvalue weighted by atomic mass is 19.1. The maximum absolute atomic E-state index is 13.2. The Morgan fingerprint density at radius 3 is 2.75 bits per heavy atom. The fourth-order valence-corrected chi connectivity index (χ4v) is 2.16. The van der Waals surface area contributed by atoms with Gasteiger partial charge in [0.05, 0.1) is 5.60 Å². The molecule has 110 valence electrons. The molecular formula is C14H19FN2O3. The van der Waals surface area contributed by atoms with E-state index in [1.165, 1.54) is 12.1 Å². The number of carbonyl (C=O) groups is 1. The van der Waals surface area contributed by atoms with Gasteiger partial charge in [-0.15, -0.1) is 0 Å². The smallest absolute Gasteiger partial charge is 0.319 e. The molecule has 6 heteroatoms. The first kappa shape index (κ1) is 14.7. The van der Waals surface area contributed by atoms with E-state index in [0.29, 0.717) is 31.7 Å². The number of aliphatic hydroxyl groups is 1. The second kappa shape index (κ2) is 6.19. The van der Waals surface area contributed by atoms with Gasteiger partial charge in [-0.2, -0.15) is 0 Å². The number of hydrogen-bond acceptors (Lipinski definition) is 3. The van der Waals surface area contributed by atoms with Gasteiger partial charge in [-0.25, -0.2) is 9.18 Å². The fourth-order valence-electron chi connectivity index (χ4n) is 2.16. The minimum absolute atomic E-state index is 0.149. The molecule has 1 aliphatic heterocycles. The zero-order valence-electron chi connectivity index (χ0n) is 11.4. The molecule has 1 aromatic carbocycles. The minimum Gasteiger partial charge on any atom is -0.388 e. The van der Waals surface area contributed by atoms with E-state index in [2.05, 4.69) is 10.6 Å². The number of nitrogens with one attached hydrogen (secondary N) is 2. The van der Waals surface area contributed by atoms with Crippen LogP contribution < -0.4 is 10.6 Å². The van der Waals surface area contributed by atoms with Gasteiger partial charge in [-0.05, 0) is 30.7 Å². The summed E-state index contributed by atoms with van der Waals surface area (Å²) in [5.41, 5.74) is 0.190. The lowest BCUT2D eigenvalue weighted by Crippen LogP contribution is -2.47. The SMILES string of the molecule is Cc1cc(F)cc(NC(=O)NCC2(O)CCOCC2)c1. The van der Waals surface area contributed by atoms with Crippen molar-refractivity contribution in [1.82, 2.24) is 5.32 Å². The van der Waals surface area contributed by atoms with E-state index in [0.717, 1.165) is 5.56 Å². The third kappa shape index (κ3) is 4.18. The van der Waals surface area contributed by atoms with Gasteiger partial charge >= 0.3 is 6.03 Å². The van der Waals surface area contributed by atoms with Crippen LogP contribution in [0.25, 0.3) is 0 Å². The van der Waals surface area contributed by atoms with Crippen LogP contribution >= 0.6 is 0 Å². The van der Waals surface area contributed by atoms with Crippen molar-refractivity contribution in [3.05, 3.63) is 29.6 Å². The lowest BCUT2D eigenvalue weighted by atomic mass is 9.94. The van der Waals surface area contributed by atoms with Crippen molar-refractivity contribution in [2.45, 2.75) is 25.4 Å². The molecule has 0 atom stereocenters. The Balaban J connectivity index is 1.86. The number of ether oxygens (including phenoxy) is 1. The molecule has 3 N–H and O–H groups in total. The Bertz CT molecular complexity index is 467. The average Bonchev–Trinajstić information content (AvgIpc) is 2.36. The Morgan fingerprint density at radius 1 is 1.40 bits per heavy atom. The van der Waals surface area contributed by atoms with Crippen LogP contribution in [-0.4, -0.2) is 36.5 Å². The third-order valence-corrected chi connectivity index (χ3v) is 3.30. The summed E-state index contributed by atoms with van der Waals surface area (Å²) in [4.78, 5) is 11.7. The molecular weight excluding hydrogens is 263 g/mol.